The highest BCUT2D eigenvalue weighted by molar-refractivity contribution is 6.33. The Labute approximate surface area is 107 Å². The third kappa shape index (κ3) is 3.63. The Hall–Kier alpha value is -0.280. The lowest BCUT2D eigenvalue weighted by Crippen LogP contribution is -2.32. The quantitative estimate of drug-likeness (QED) is 0.852. The van der Waals surface area contributed by atoms with Crippen LogP contribution in [0.15, 0.2) is 18.2 Å². The molecule has 0 heterocycles. The van der Waals surface area contributed by atoms with E-state index in [-0.39, 0.29) is 12.6 Å². The number of hydrogen-bond acceptors (Lipinski definition) is 2. The maximum Gasteiger partial charge on any atom is 0.0627 e. The van der Waals surface area contributed by atoms with Crippen molar-refractivity contribution in [2.45, 2.75) is 32.4 Å². The van der Waals surface area contributed by atoms with E-state index in [2.05, 4.69) is 19.2 Å². The van der Waals surface area contributed by atoms with Crippen molar-refractivity contribution in [2.75, 3.05) is 6.61 Å². The van der Waals surface area contributed by atoms with Crippen LogP contribution in [0.5, 0.6) is 0 Å². The molecule has 1 aromatic carbocycles. The average Bonchev–Trinajstić information content (AvgIpc) is 2.29. The second-order valence-electron chi connectivity index (χ2n) is 3.88. The minimum atomic E-state index is -0.166. The van der Waals surface area contributed by atoms with Gasteiger partial charge >= 0.3 is 0 Å². The molecule has 2 unspecified atom stereocenters. The Morgan fingerprint density at radius 2 is 2.06 bits per heavy atom. The van der Waals surface area contributed by atoms with Gasteiger partial charge in [0.2, 0.25) is 0 Å². The molecule has 0 aliphatic carbocycles. The van der Waals surface area contributed by atoms with E-state index in [1.165, 1.54) is 0 Å². The summed E-state index contributed by atoms with van der Waals surface area (Å²) in [6.45, 7) is 4.16. The van der Waals surface area contributed by atoms with Gasteiger partial charge in [-0.05, 0) is 37.1 Å². The fraction of sp³-hybridized carbons (Fsp3) is 0.500. The number of aliphatic hydroxyl groups is 1. The molecule has 0 saturated heterocycles. The van der Waals surface area contributed by atoms with E-state index in [4.69, 9.17) is 23.2 Å². The van der Waals surface area contributed by atoms with Gasteiger partial charge in [0.15, 0.2) is 0 Å². The van der Waals surface area contributed by atoms with Gasteiger partial charge in [-0.15, -0.1) is 0 Å². The smallest absolute Gasteiger partial charge is 0.0627 e. The molecule has 2 atom stereocenters. The van der Waals surface area contributed by atoms with Crippen molar-refractivity contribution in [2.24, 2.45) is 0 Å². The summed E-state index contributed by atoms with van der Waals surface area (Å²) in [6.07, 6.45) is 0.995. The summed E-state index contributed by atoms with van der Waals surface area (Å²) in [5.74, 6) is 0. The largest absolute Gasteiger partial charge is 0.394 e. The maximum atomic E-state index is 9.37. The van der Waals surface area contributed by atoms with Gasteiger partial charge in [0, 0.05) is 16.1 Å². The van der Waals surface area contributed by atoms with Crippen molar-refractivity contribution in [3.63, 3.8) is 0 Å². The Morgan fingerprint density at radius 3 is 2.62 bits per heavy atom. The van der Waals surface area contributed by atoms with Gasteiger partial charge in [-0.1, -0.05) is 30.1 Å². The average molecular weight is 262 g/mol. The van der Waals surface area contributed by atoms with Gasteiger partial charge in [0.25, 0.3) is 0 Å². The number of aliphatic hydroxyl groups excluding tert-OH is 1. The van der Waals surface area contributed by atoms with Gasteiger partial charge < -0.3 is 10.4 Å². The zero-order chi connectivity index (χ0) is 12.1. The van der Waals surface area contributed by atoms with E-state index in [0.29, 0.717) is 16.1 Å². The molecule has 0 amide bonds. The van der Waals surface area contributed by atoms with Crippen LogP contribution in [-0.4, -0.2) is 17.8 Å². The van der Waals surface area contributed by atoms with E-state index in [9.17, 15) is 5.11 Å². The molecule has 16 heavy (non-hydrogen) atoms. The summed E-state index contributed by atoms with van der Waals surface area (Å²) in [7, 11) is 0. The Balaban J connectivity index is 2.89. The lowest BCUT2D eigenvalue weighted by Gasteiger charge is -2.22. The summed E-state index contributed by atoms with van der Waals surface area (Å²) in [5, 5.41) is 13.9. The standard InChI is InChI=1S/C12H17Cl2NO/c1-3-8(2)15-12(7-16)10-6-9(13)4-5-11(10)14/h4-6,8,12,15-16H,3,7H2,1-2H3. The second-order valence-corrected chi connectivity index (χ2v) is 4.72. The Morgan fingerprint density at radius 1 is 1.38 bits per heavy atom. The van der Waals surface area contributed by atoms with Crippen molar-refractivity contribution in [1.82, 2.24) is 5.32 Å². The molecular weight excluding hydrogens is 245 g/mol. The molecule has 0 aliphatic heterocycles. The van der Waals surface area contributed by atoms with Gasteiger partial charge in [-0.3, -0.25) is 0 Å². The predicted octanol–water partition coefficient (Wildman–Crippen LogP) is 3.41. The molecule has 2 nitrogen and oxygen atoms in total. The predicted molar refractivity (Wildman–Crippen MR) is 69.2 cm³/mol. The van der Waals surface area contributed by atoms with E-state index in [1.807, 2.05) is 0 Å². The SMILES string of the molecule is CCC(C)NC(CO)c1cc(Cl)ccc1Cl. The molecule has 0 saturated carbocycles. The molecule has 4 heteroatoms. The Bertz CT molecular complexity index is 344. The summed E-state index contributed by atoms with van der Waals surface area (Å²) in [4.78, 5) is 0. The van der Waals surface area contributed by atoms with Crippen molar-refractivity contribution >= 4 is 23.2 Å². The van der Waals surface area contributed by atoms with Gasteiger partial charge in [-0.2, -0.15) is 0 Å². The lowest BCUT2D eigenvalue weighted by molar-refractivity contribution is 0.234. The lowest BCUT2D eigenvalue weighted by atomic mass is 10.1. The molecule has 0 spiro atoms. The third-order valence-corrected chi connectivity index (χ3v) is 3.19. The fourth-order valence-electron chi connectivity index (χ4n) is 1.48. The maximum absolute atomic E-state index is 9.37. The first-order chi connectivity index (χ1) is 7.58. The van der Waals surface area contributed by atoms with Crippen LogP contribution in [0.2, 0.25) is 10.0 Å². The first kappa shape index (κ1) is 13.8. The molecule has 2 N–H and O–H groups in total. The first-order valence-electron chi connectivity index (χ1n) is 5.40. The van der Waals surface area contributed by atoms with Gasteiger partial charge in [0.05, 0.1) is 12.6 Å². The molecule has 1 rings (SSSR count). The molecule has 0 aliphatic rings. The molecule has 0 fully saturated rings. The molecule has 0 radical (unpaired) electrons. The molecule has 90 valence electrons. The summed E-state index contributed by atoms with van der Waals surface area (Å²) in [6, 6.07) is 5.44. The van der Waals surface area contributed by atoms with E-state index >= 15 is 0 Å². The highest BCUT2D eigenvalue weighted by atomic mass is 35.5. The zero-order valence-corrected chi connectivity index (χ0v) is 11.0. The normalized spacial score (nSPS) is 14.8. The summed E-state index contributed by atoms with van der Waals surface area (Å²) >= 11 is 12.0. The molecule has 0 aromatic heterocycles. The van der Waals surface area contributed by atoms with Gasteiger partial charge in [0.1, 0.15) is 0 Å². The second kappa shape index (κ2) is 6.45. The van der Waals surface area contributed by atoms with Crippen molar-refractivity contribution in [3.05, 3.63) is 33.8 Å². The minimum Gasteiger partial charge on any atom is -0.394 e. The van der Waals surface area contributed by atoms with Crippen LogP contribution in [0.4, 0.5) is 0 Å². The monoisotopic (exact) mass is 261 g/mol. The topological polar surface area (TPSA) is 32.3 Å². The molecule has 0 bridgehead atoms. The van der Waals surface area contributed by atoms with Crippen LogP contribution in [0.25, 0.3) is 0 Å². The van der Waals surface area contributed by atoms with Crippen molar-refractivity contribution in [3.8, 4) is 0 Å². The molecular formula is C12H17Cl2NO. The van der Waals surface area contributed by atoms with Gasteiger partial charge in [-0.25, -0.2) is 0 Å². The van der Waals surface area contributed by atoms with E-state index in [1.54, 1.807) is 18.2 Å². The number of hydrogen-bond donors (Lipinski definition) is 2. The fourth-order valence-corrected chi connectivity index (χ4v) is 1.91. The van der Waals surface area contributed by atoms with Crippen molar-refractivity contribution in [1.29, 1.82) is 0 Å². The van der Waals surface area contributed by atoms with Crippen LogP contribution in [0.3, 0.4) is 0 Å². The van der Waals surface area contributed by atoms with Crippen LogP contribution >= 0.6 is 23.2 Å². The minimum absolute atomic E-state index is 0.00437. The number of benzene rings is 1. The summed E-state index contributed by atoms with van der Waals surface area (Å²) < 4.78 is 0. The highest BCUT2D eigenvalue weighted by Gasteiger charge is 2.15. The van der Waals surface area contributed by atoms with E-state index in [0.717, 1.165) is 12.0 Å². The summed E-state index contributed by atoms with van der Waals surface area (Å²) in [5.41, 5.74) is 0.844. The number of nitrogens with one attached hydrogen (secondary N) is 1. The van der Waals surface area contributed by atoms with Crippen molar-refractivity contribution < 1.29 is 5.11 Å². The third-order valence-electron chi connectivity index (χ3n) is 2.61. The highest BCUT2D eigenvalue weighted by Crippen LogP contribution is 2.26. The number of rotatable bonds is 5. The van der Waals surface area contributed by atoms with Crippen LogP contribution in [-0.2, 0) is 0 Å². The van der Waals surface area contributed by atoms with Crippen LogP contribution < -0.4 is 5.32 Å². The number of halogens is 2. The van der Waals surface area contributed by atoms with Crippen LogP contribution in [0, 0.1) is 0 Å². The zero-order valence-electron chi connectivity index (χ0n) is 9.50. The first-order valence-corrected chi connectivity index (χ1v) is 6.16. The van der Waals surface area contributed by atoms with Crippen LogP contribution in [0.1, 0.15) is 31.9 Å². The Kier molecular flexibility index (Phi) is 5.56. The molecule has 1 aromatic rings. The van der Waals surface area contributed by atoms with E-state index < -0.39 is 0 Å².